The van der Waals surface area contributed by atoms with Crippen LogP contribution in [0.25, 0.3) is 0 Å². The van der Waals surface area contributed by atoms with Crippen LogP contribution in [-0.2, 0) is 9.53 Å². The lowest BCUT2D eigenvalue weighted by atomic mass is 9.58. The number of carbonyl (C=O) groups is 1. The molecule has 2 fully saturated rings. The molecular formula is C26H40O6. The number of aliphatic hydroxyl groups is 4. The van der Waals surface area contributed by atoms with Gasteiger partial charge in [0, 0.05) is 12.3 Å². The van der Waals surface area contributed by atoms with E-state index in [1.807, 2.05) is 13.0 Å². The quantitative estimate of drug-likeness (QED) is 0.283. The summed E-state index contributed by atoms with van der Waals surface area (Å²) in [6.45, 7) is 9.86. The number of esters is 1. The van der Waals surface area contributed by atoms with Crippen molar-refractivity contribution in [3.8, 4) is 0 Å². The Morgan fingerprint density at radius 3 is 2.56 bits per heavy atom. The van der Waals surface area contributed by atoms with Crippen molar-refractivity contribution in [1.29, 1.82) is 0 Å². The van der Waals surface area contributed by atoms with Crippen LogP contribution in [0.2, 0.25) is 0 Å². The number of unbranched alkanes of at least 4 members (excludes halogenated alkanes) is 2. The van der Waals surface area contributed by atoms with Crippen LogP contribution < -0.4 is 0 Å². The maximum Gasteiger partial charge on any atom is 0.306 e. The Labute approximate surface area is 191 Å². The Balaban J connectivity index is 1.79. The topological polar surface area (TPSA) is 107 Å². The molecule has 0 aromatic rings. The van der Waals surface area contributed by atoms with Gasteiger partial charge in [-0.1, -0.05) is 52.7 Å². The first kappa shape index (κ1) is 23.9. The molecule has 6 nitrogen and oxygen atoms in total. The zero-order chi connectivity index (χ0) is 23.6. The highest BCUT2D eigenvalue weighted by Crippen LogP contribution is 2.72. The Kier molecular flexibility index (Phi) is 5.93. The lowest BCUT2D eigenvalue weighted by Crippen LogP contribution is -2.66. The van der Waals surface area contributed by atoms with Crippen LogP contribution in [-0.4, -0.2) is 56.9 Å². The molecule has 0 aliphatic heterocycles. The van der Waals surface area contributed by atoms with Crippen molar-refractivity contribution in [3.63, 3.8) is 0 Å². The third kappa shape index (κ3) is 3.02. The molecule has 6 heteroatoms. The molecule has 0 saturated heterocycles. The van der Waals surface area contributed by atoms with E-state index >= 15 is 0 Å². The van der Waals surface area contributed by atoms with E-state index < -0.39 is 41.9 Å². The molecule has 4 N–H and O–H groups in total. The van der Waals surface area contributed by atoms with Crippen molar-refractivity contribution in [2.24, 2.45) is 34.5 Å². The summed E-state index contributed by atoms with van der Waals surface area (Å²) in [5, 5.41) is 45.8. The zero-order valence-corrected chi connectivity index (χ0v) is 20.0. The van der Waals surface area contributed by atoms with Gasteiger partial charge in [-0.2, -0.15) is 0 Å². The molecule has 2 unspecified atom stereocenters. The third-order valence-corrected chi connectivity index (χ3v) is 9.40. The number of carbonyl (C=O) groups excluding carboxylic acids is 1. The fourth-order valence-corrected chi connectivity index (χ4v) is 7.61. The third-order valence-electron chi connectivity index (χ3n) is 9.40. The molecule has 2 saturated carbocycles. The number of aliphatic hydroxyl groups excluding tert-OH is 3. The Bertz CT molecular complexity index is 830. The average Bonchev–Trinajstić information content (AvgIpc) is 3.22. The standard InChI is InChI=1S/C26H40O6/c1-6-7-8-9-19(28)32-23-14(2)12-25-15(3)10-18-20(24(18,4)5)17(22(25)30)11-16(13-27)21(29)26(23,25)31/h11-12,15,17-18,20-23,27,29-31H,6-10,13H2,1-5H3/t15-,17+,18?,20+,21-,22?,23+,25+,26+/m1/s1. The van der Waals surface area contributed by atoms with Crippen LogP contribution in [0.4, 0.5) is 0 Å². The molecule has 0 radical (unpaired) electrons. The Morgan fingerprint density at radius 1 is 1.25 bits per heavy atom. The van der Waals surface area contributed by atoms with Crippen LogP contribution in [0.3, 0.4) is 0 Å². The Hall–Kier alpha value is -1.21. The summed E-state index contributed by atoms with van der Waals surface area (Å²) in [5.74, 6) is -0.268. The SMILES string of the molecule is CCCCCC(=O)O[C@H]1C(C)=C[C@]23C(O)[C@@H](C=C(CO)[C@@H](O)[C@]12O)[C@H]1C(C[C@H]3C)C1(C)C. The first-order chi connectivity index (χ1) is 15.0. The average molecular weight is 449 g/mol. The molecular weight excluding hydrogens is 408 g/mol. The van der Waals surface area contributed by atoms with E-state index in [2.05, 4.69) is 20.8 Å². The highest BCUT2D eigenvalue weighted by Gasteiger charge is 2.76. The lowest BCUT2D eigenvalue weighted by Gasteiger charge is -2.52. The van der Waals surface area contributed by atoms with E-state index in [-0.39, 0.29) is 29.6 Å². The molecule has 0 aromatic heterocycles. The Morgan fingerprint density at radius 2 is 1.94 bits per heavy atom. The zero-order valence-electron chi connectivity index (χ0n) is 20.0. The van der Waals surface area contributed by atoms with Crippen molar-refractivity contribution in [3.05, 3.63) is 23.3 Å². The second-order valence-corrected chi connectivity index (χ2v) is 11.4. The monoisotopic (exact) mass is 448 g/mol. The molecule has 9 atom stereocenters. The van der Waals surface area contributed by atoms with E-state index in [0.29, 0.717) is 23.5 Å². The van der Waals surface area contributed by atoms with Crippen LogP contribution >= 0.6 is 0 Å². The van der Waals surface area contributed by atoms with Gasteiger partial charge in [0.25, 0.3) is 0 Å². The predicted octanol–water partition coefficient (Wildman–Crippen LogP) is 2.74. The lowest BCUT2D eigenvalue weighted by molar-refractivity contribution is -0.224. The summed E-state index contributed by atoms with van der Waals surface area (Å²) in [6.07, 6.45) is 3.84. The molecule has 0 aromatic carbocycles. The first-order valence-corrected chi connectivity index (χ1v) is 12.3. The fraction of sp³-hybridized carbons (Fsp3) is 0.808. The van der Waals surface area contributed by atoms with E-state index in [0.717, 1.165) is 19.3 Å². The van der Waals surface area contributed by atoms with E-state index in [1.165, 1.54) is 0 Å². The molecule has 1 spiro atoms. The summed E-state index contributed by atoms with van der Waals surface area (Å²) >= 11 is 0. The number of hydrogen-bond donors (Lipinski definition) is 4. The van der Waals surface area contributed by atoms with Gasteiger partial charge in [0.2, 0.25) is 0 Å². The number of ether oxygens (including phenoxy) is 1. The van der Waals surface area contributed by atoms with Crippen LogP contribution in [0, 0.1) is 34.5 Å². The summed E-state index contributed by atoms with van der Waals surface area (Å²) < 4.78 is 5.83. The van der Waals surface area contributed by atoms with Gasteiger partial charge >= 0.3 is 5.97 Å². The van der Waals surface area contributed by atoms with Gasteiger partial charge in [-0.15, -0.1) is 0 Å². The van der Waals surface area contributed by atoms with Crippen molar-refractivity contribution in [2.45, 2.75) is 90.6 Å². The van der Waals surface area contributed by atoms with Gasteiger partial charge in [0.1, 0.15) is 11.7 Å². The maximum absolute atomic E-state index is 12.7. The highest BCUT2D eigenvalue weighted by atomic mass is 16.6. The molecule has 4 aliphatic carbocycles. The minimum atomic E-state index is -1.94. The van der Waals surface area contributed by atoms with Gasteiger partial charge in [0.15, 0.2) is 6.10 Å². The van der Waals surface area contributed by atoms with E-state index in [1.54, 1.807) is 13.0 Å². The van der Waals surface area contributed by atoms with Gasteiger partial charge < -0.3 is 25.2 Å². The normalized spacial score (nSPS) is 46.2. The largest absolute Gasteiger partial charge is 0.455 e. The van der Waals surface area contributed by atoms with Gasteiger partial charge in [-0.05, 0) is 54.1 Å². The van der Waals surface area contributed by atoms with Crippen LogP contribution in [0.1, 0.15) is 66.7 Å². The number of fused-ring (bicyclic) bond motifs is 3. The molecule has 32 heavy (non-hydrogen) atoms. The second kappa shape index (κ2) is 7.93. The molecule has 4 rings (SSSR count). The molecule has 2 bridgehead atoms. The van der Waals surface area contributed by atoms with Crippen molar-refractivity contribution in [2.75, 3.05) is 6.61 Å². The van der Waals surface area contributed by atoms with Crippen molar-refractivity contribution < 1.29 is 30.0 Å². The van der Waals surface area contributed by atoms with E-state index in [9.17, 15) is 25.2 Å². The van der Waals surface area contributed by atoms with Gasteiger partial charge in [-0.25, -0.2) is 0 Å². The highest BCUT2D eigenvalue weighted by molar-refractivity contribution is 5.70. The molecule has 0 amide bonds. The summed E-state index contributed by atoms with van der Waals surface area (Å²) in [4.78, 5) is 12.7. The fourth-order valence-electron chi connectivity index (χ4n) is 7.61. The van der Waals surface area contributed by atoms with Gasteiger partial charge in [-0.3, -0.25) is 4.79 Å². The van der Waals surface area contributed by atoms with Crippen molar-refractivity contribution in [1.82, 2.24) is 0 Å². The summed E-state index contributed by atoms with van der Waals surface area (Å²) in [6, 6.07) is 0. The number of hydrogen-bond acceptors (Lipinski definition) is 6. The first-order valence-electron chi connectivity index (χ1n) is 12.3. The molecule has 4 aliphatic rings. The van der Waals surface area contributed by atoms with Crippen molar-refractivity contribution >= 4 is 5.97 Å². The minimum absolute atomic E-state index is 0.0501. The molecule has 0 heterocycles. The maximum atomic E-state index is 12.7. The summed E-state index contributed by atoms with van der Waals surface area (Å²) in [7, 11) is 0. The molecule has 180 valence electrons. The second-order valence-electron chi connectivity index (χ2n) is 11.4. The van der Waals surface area contributed by atoms with Crippen LogP contribution in [0.15, 0.2) is 23.3 Å². The summed E-state index contributed by atoms with van der Waals surface area (Å²) in [5.41, 5.74) is -2.13. The minimum Gasteiger partial charge on any atom is -0.455 e. The van der Waals surface area contributed by atoms with Crippen LogP contribution in [0.5, 0.6) is 0 Å². The predicted molar refractivity (Wildman–Crippen MR) is 120 cm³/mol. The smallest absolute Gasteiger partial charge is 0.306 e. The number of rotatable bonds is 6. The van der Waals surface area contributed by atoms with Gasteiger partial charge in [0.05, 0.1) is 18.1 Å². The van der Waals surface area contributed by atoms with E-state index in [4.69, 9.17) is 4.74 Å².